The molecule has 0 aliphatic heterocycles. The van der Waals surface area contributed by atoms with Crippen LogP contribution in [0.4, 0.5) is 11.4 Å². The molecule has 0 saturated carbocycles. The summed E-state index contributed by atoms with van der Waals surface area (Å²) in [6, 6.07) is 10.6. The molecule has 0 aliphatic rings. The molecule has 1 unspecified atom stereocenters. The van der Waals surface area contributed by atoms with Gasteiger partial charge in [0, 0.05) is 16.4 Å². The maximum atomic E-state index is 6.05. The quantitative estimate of drug-likeness (QED) is 0.857. The maximum absolute atomic E-state index is 6.05. The van der Waals surface area contributed by atoms with Crippen LogP contribution in [0.2, 0.25) is 0 Å². The number of halogens is 1. The second kappa shape index (κ2) is 5.10. The van der Waals surface area contributed by atoms with Crippen LogP contribution in [0, 0.1) is 0 Å². The molecule has 0 amide bonds. The van der Waals surface area contributed by atoms with Gasteiger partial charge in [0.25, 0.3) is 0 Å². The van der Waals surface area contributed by atoms with Crippen LogP contribution in [-0.4, -0.2) is 7.05 Å². The van der Waals surface area contributed by atoms with E-state index in [0.29, 0.717) is 6.04 Å². The summed E-state index contributed by atoms with van der Waals surface area (Å²) >= 11 is 5.20. The van der Waals surface area contributed by atoms with Gasteiger partial charge in [0.15, 0.2) is 0 Å². The van der Waals surface area contributed by atoms with Crippen LogP contribution in [0.15, 0.2) is 40.2 Å². The Bertz CT molecular complexity index is 496. The minimum Gasteiger partial charge on any atom is -0.397 e. The molecule has 2 rings (SSSR count). The fourth-order valence-electron chi connectivity index (χ4n) is 1.78. The van der Waals surface area contributed by atoms with Crippen molar-refractivity contribution in [1.82, 2.24) is 0 Å². The summed E-state index contributed by atoms with van der Waals surface area (Å²) in [4.78, 5) is 3.54. The predicted octanol–water partition coefficient (Wildman–Crippen LogP) is 4.29. The number of anilines is 2. The number of rotatable bonds is 3. The van der Waals surface area contributed by atoms with Crippen molar-refractivity contribution in [3.63, 3.8) is 0 Å². The van der Waals surface area contributed by atoms with E-state index in [1.165, 1.54) is 4.88 Å². The summed E-state index contributed by atoms with van der Waals surface area (Å²) in [5.41, 5.74) is 7.91. The lowest BCUT2D eigenvalue weighted by molar-refractivity contribution is 0.755. The Labute approximate surface area is 114 Å². The molecule has 0 radical (unpaired) electrons. The van der Waals surface area contributed by atoms with Gasteiger partial charge in [0.1, 0.15) is 0 Å². The summed E-state index contributed by atoms with van der Waals surface area (Å²) in [7, 11) is 2.07. The van der Waals surface area contributed by atoms with E-state index in [9.17, 15) is 0 Å². The van der Waals surface area contributed by atoms with Gasteiger partial charge in [-0.3, -0.25) is 0 Å². The predicted molar refractivity (Wildman–Crippen MR) is 79.7 cm³/mol. The maximum Gasteiger partial charge on any atom is 0.0604 e. The zero-order valence-corrected chi connectivity index (χ0v) is 12.3. The van der Waals surface area contributed by atoms with E-state index in [1.54, 1.807) is 11.3 Å². The Morgan fingerprint density at radius 1 is 1.35 bits per heavy atom. The van der Waals surface area contributed by atoms with Gasteiger partial charge in [0.2, 0.25) is 0 Å². The highest BCUT2D eigenvalue weighted by Gasteiger charge is 2.15. The van der Waals surface area contributed by atoms with E-state index >= 15 is 0 Å². The van der Waals surface area contributed by atoms with Gasteiger partial charge in [-0.1, -0.05) is 22.0 Å². The highest BCUT2D eigenvalue weighted by molar-refractivity contribution is 9.10. The van der Waals surface area contributed by atoms with Crippen LogP contribution in [-0.2, 0) is 0 Å². The molecule has 0 fully saturated rings. The first kappa shape index (κ1) is 12.5. The highest BCUT2D eigenvalue weighted by atomic mass is 79.9. The van der Waals surface area contributed by atoms with E-state index in [0.717, 1.165) is 15.8 Å². The lowest BCUT2D eigenvalue weighted by Gasteiger charge is -2.27. The SMILES string of the molecule is CC(c1cccs1)N(C)c1ccc(Br)cc1N. The van der Waals surface area contributed by atoms with Crippen molar-refractivity contribution in [2.24, 2.45) is 0 Å². The lowest BCUT2D eigenvalue weighted by Crippen LogP contribution is -2.21. The van der Waals surface area contributed by atoms with Gasteiger partial charge >= 0.3 is 0 Å². The first-order chi connectivity index (χ1) is 8.09. The number of hydrogen-bond donors (Lipinski definition) is 1. The summed E-state index contributed by atoms with van der Waals surface area (Å²) in [6.07, 6.45) is 0. The molecule has 0 saturated heterocycles. The third-order valence-corrected chi connectivity index (χ3v) is 4.44. The average molecular weight is 311 g/mol. The van der Waals surface area contributed by atoms with Gasteiger partial charge < -0.3 is 10.6 Å². The molecule has 0 spiro atoms. The molecule has 1 aromatic carbocycles. The van der Waals surface area contributed by atoms with E-state index in [-0.39, 0.29) is 0 Å². The molecule has 1 heterocycles. The van der Waals surface area contributed by atoms with Gasteiger partial charge in [-0.05, 0) is 36.6 Å². The zero-order valence-electron chi connectivity index (χ0n) is 9.85. The second-order valence-corrected chi connectivity index (χ2v) is 5.90. The third-order valence-electron chi connectivity index (χ3n) is 2.91. The van der Waals surface area contributed by atoms with Gasteiger partial charge in [-0.25, -0.2) is 0 Å². The summed E-state index contributed by atoms with van der Waals surface area (Å²) in [5, 5.41) is 2.10. The van der Waals surface area contributed by atoms with Gasteiger partial charge in [0.05, 0.1) is 17.4 Å². The number of benzene rings is 1. The van der Waals surface area contributed by atoms with Crippen molar-refractivity contribution in [3.8, 4) is 0 Å². The Kier molecular flexibility index (Phi) is 3.74. The Morgan fingerprint density at radius 3 is 2.71 bits per heavy atom. The highest BCUT2D eigenvalue weighted by Crippen LogP contribution is 2.32. The first-order valence-corrected chi connectivity index (χ1v) is 7.08. The van der Waals surface area contributed by atoms with Crippen molar-refractivity contribution >= 4 is 38.6 Å². The minimum absolute atomic E-state index is 0.332. The Hall–Kier alpha value is -1.00. The molecule has 2 N–H and O–H groups in total. The molecule has 90 valence electrons. The van der Waals surface area contributed by atoms with E-state index in [4.69, 9.17) is 5.73 Å². The fourth-order valence-corrected chi connectivity index (χ4v) is 2.98. The Morgan fingerprint density at radius 2 is 2.12 bits per heavy atom. The summed E-state index contributed by atoms with van der Waals surface area (Å²) in [5.74, 6) is 0. The molecule has 17 heavy (non-hydrogen) atoms. The molecule has 4 heteroatoms. The number of hydrogen-bond acceptors (Lipinski definition) is 3. The van der Waals surface area contributed by atoms with Crippen molar-refractivity contribution < 1.29 is 0 Å². The molecule has 0 bridgehead atoms. The van der Waals surface area contributed by atoms with Crippen LogP contribution in [0.25, 0.3) is 0 Å². The normalized spacial score (nSPS) is 12.4. The van der Waals surface area contributed by atoms with Crippen LogP contribution in [0.3, 0.4) is 0 Å². The summed E-state index contributed by atoms with van der Waals surface area (Å²) < 4.78 is 1.01. The number of nitrogen functional groups attached to an aromatic ring is 1. The van der Waals surface area contributed by atoms with Crippen LogP contribution >= 0.6 is 27.3 Å². The van der Waals surface area contributed by atoms with Gasteiger partial charge in [-0.15, -0.1) is 11.3 Å². The smallest absolute Gasteiger partial charge is 0.0604 e. The number of nitrogens with zero attached hydrogens (tertiary/aromatic N) is 1. The molecular weight excluding hydrogens is 296 g/mol. The van der Waals surface area contributed by atoms with Crippen molar-refractivity contribution in [2.45, 2.75) is 13.0 Å². The molecular formula is C13H15BrN2S. The minimum atomic E-state index is 0.332. The first-order valence-electron chi connectivity index (χ1n) is 5.41. The van der Waals surface area contributed by atoms with E-state index < -0.39 is 0 Å². The fraction of sp³-hybridized carbons (Fsp3) is 0.231. The van der Waals surface area contributed by atoms with E-state index in [2.05, 4.69) is 52.3 Å². The average Bonchev–Trinajstić information content (AvgIpc) is 2.80. The second-order valence-electron chi connectivity index (χ2n) is 4.01. The Balaban J connectivity index is 2.28. The van der Waals surface area contributed by atoms with Crippen molar-refractivity contribution in [2.75, 3.05) is 17.7 Å². The lowest BCUT2D eigenvalue weighted by atomic mass is 10.2. The standard InChI is InChI=1S/C13H15BrN2S/c1-9(13-4-3-7-17-13)16(2)12-6-5-10(14)8-11(12)15/h3-9H,15H2,1-2H3. The molecule has 2 nitrogen and oxygen atoms in total. The monoisotopic (exact) mass is 310 g/mol. The van der Waals surface area contributed by atoms with Crippen molar-refractivity contribution in [1.29, 1.82) is 0 Å². The molecule has 0 aliphatic carbocycles. The van der Waals surface area contributed by atoms with E-state index in [1.807, 2.05) is 18.2 Å². The summed E-state index contributed by atoms with van der Waals surface area (Å²) in [6.45, 7) is 2.19. The molecule has 2 aromatic rings. The molecule has 1 atom stereocenters. The number of nitrogens with two attached hydrogens (primary N) is 1. The topological polar surface area (TPSA) is 29.3 Å². The van der Waals surface area contributed by atoms with Crippen molar-refractivity contribution in [3.05, 3.63) is 45.1 Å². The zero-order chi connectivity index (χ0) is 12.4. The van der Waals surface area contributed by atoms with Crippen LogP contribution < -0.4 is 10.6 Å². The molecule has 1 aromatic heterocycles. The number of thiophene rings is 1. The third kappa shape index (κ3) is 2.64. The van der Waals surface area contributed by atoms with Crippen LogP contribution in [0.5, 0.6) is 0 Å². The van der Waals surface area contributed by atoms with Gasteiger partial charge in [-0.2, -0.15) is 0 Å². The van der Waals surface area contributed by atoms with Crippen LogP contribution in [0.1, 0.15) is 17.8 Å². The largest absolute Gasteiger partial charge is 0.397 e.